The molecule has 5 heteroatoms. The molecule has 0 aromatic carbocycles. The fourth-order valence-corrected chi connectivity index (χ4v) is 4.96. The van der Waals surface area contributed by atoms with E-state index in [1.54, 1.807) is 11.3 Å². The van der Waals surface area contributed by atoms with Gasteiger partial charge in [-0.1, -0.05) is 0 Å². The van der Waals surface area contributed by atoms with Crippen LogP contribution < -0.4 is 0 Å². The highest BCUT2D eigenvalue weighted by Crippen LogP contribution is 2.41. The molecule has 25 heavy (non-hydrogen) atoms. The molecule has 134 valence electrons. The van der Waals surface area contributed by atoms with Crippen LogP contribution in [0.2, 0.25) is 0 Å². The van der Waals surface area contributed by atoms with E-state index >= 15 is 0 Å². The number of aryl methyl sites for hydroxylation is 1. The monoisotopic (exact) mass is 357 g/mol. The highest BCUT2D eigenvalue weighted by molar-refractivity contribution is 7.08. The SMILES string of the molecule is Cn1cccc1CN1CCC2(CC1)CCN(C(=O)c1ccsc1)CC2. The summed E-state index contributed by atoms with van der Waals surface area (Å²) in [5.74, 6) is 0.220. The van der Waals surface area contributed by atoms with Crippen molar-refractivity contribution in [3.05, 3.63) is 46.4 Å². The number of rotatable bonds is 3. The van der Waals surface area contributed by atoms with Crippen LogP contribution in [0.3, 0.4) is 0 Å². The lowest BCUT2D eigenvalue weighted by Crippen LogP contribution is -2.48. The third-order valence-corrected chi connectivity index (χ3v) is 6.92. The molecule has 0 saturated carbocycles. The molecule has 4 heterocycles. The Labute approximate surface area is 154 Å². The van der Waals surface area contributed by atoms with Gasteiger partial charge in [0.15, 0.2) is 0 Å². The molecule has 0 aliphatic carbocycles. The van der Waals surface area contributed by atoms with Crippen molar-refractivity contribution in [3.63, 3.8) is 0 Å². The van der Waals surface area contributed by atoms with E-state index in [0.29, 0.717) is 5.41 Å². The Morgan fingerprint density at radius 1 is 1.12 bits per heavy atom. The van der Waals surface area contributed by atoms with Crippen molar-refractivity contribution >= 4 is 17.2 Å². The Bertz CT molecular complexity index is 703. The summed E-state index contributed by atoms with van der Waals surface area (Å²) in [6.45, 7) is 5.27. The number of hydrogen-bond donors (Lipinski definition) is 0. The van der Waals surface area contributed by atoms with Crippen LogP contribution in [0.25, 0.3) is 0 Å². The van der Waals surface area contributed by atoms with E-state index in [2.05, 4.69) is 39.7 Å². The average molecular weight is 358 g/mol. The maximum absolute atomic E-state index is 12.5. The number of carbonyl (C=O) groups is 1. The predicted molar refractivity (Wildman–Crippen MR) is 102 cm³/mol. The average Bonchev–Trinajstić information content (AvgIpc) is 3.30. The number of nitrogens with zero attached hydrogens (tertiary/aromatic N) is 3. The predicted octanol–water partition coefficient (Wildman–Crippen LogP) is 3.61. The summed E-state index contributed by atoms with van der Waals surface area (Å²) in [7, 11) is 2.13. The summed E-state index contributed by atoms with van der Waals surface area (Å²) in [5.41, 5.74) is 2.72. The zero-order valence-electron chi connectivity index (χ0n) is 15.0. The Morgan fingerprint density at radius 2 is 1.84 bits per heavy atom. The number of likely N-dealkylation sites (tertiary alicyclic amines) is 2. The fourth-order valence-electron chi connectivity index (χ4n) is 4.33. The quantitative estimate of drug-likeness (QED) is 0.840. The molecule has 1 spiro atoms. The molecule has 2 saturated heterocycles. The van der Waals surface area contributed by atoms with Gasteiger partial charge in [0.25, 0.3) is 5.91 Å². The Kier molecular flexibility index (Phi) is 4.69. The molecule has 0 bridgehead atoms. The van der Waals surface area contributed by atoms with E-state index in [1.165, 1.54) is 44.5 Å². The van der Waals surface area contributed by atoms with Gasteiger partial charge in [0.05, 0.1) is 5.56 Å². The number of thiophene rings is 1. The van der Waals surface area contributed by atoms with Crippen molar-refractivity contribution in [2.75, 3.05) is 26.2 Å². The first kappa shape index (κ1) is 16.9. The van der Waals surface area contributed by atoms with Crippen LogP contribution in [-0.4, -0.2) is 46.5 Å². The van der Waals surface area contributed by atoms with Gasteiger partial charge < -0.3 is 9.47 Å². The first-order chi connectivity index (χ1) is 12.2. The van der Waals surface area contributed by atoms with Crippen LogP contribution in [0.4, 0.5) is 0 Å². The topological polar surface area (TPSA) is 28.5 Å². The summed E-state index contributed by atoms with van der Waals surface area (Å²) < 4.78 is 2.22. The van der Waals surface area contributed by atoms with Gasteiger partial charge in [-0.05, 0) is 67.8 Å². The Morgan fingerprint density at radius 3 is 2.44 bits per heavy atom. The molecule has 0 radical (unpaired) electrons. The second-order valence-electron chi connectivity index (χ2n) is 7.69. The molecular weight excluding hydrogens is 330 g/mol. The molecule has 4 nitrogen and oxygen atoms in total. The zero-order valence-corrected chi connectivity index (χ0v) is 15.8. The van der Waals surface area contributed by atoms with E-state index in [1.807, 2.05) is 16.8 Å². The van der Waals surface area contributed by atoms with Crippen LogP contribution in [0.15, 0.2) is 35.2 Å². The van der Waals surface area contributed by atoms with Crippen LogP contribution >= 0.6 is 11.3 Å². The minimum absolute atomic E-state index is 0.220. The number of aromatic nitrogens is 1. The standard InChI is InChI=1S/C20H27N3OS/c1-21-9-2-3-18(21)15-22-10-5-20(6-11-22)7-12-23(13-8-20)19(24)17-4-14-25-16-17/h2-4,9,14,16H,5-8,10-13,15H2,1H3. The van der Waals surface area contributed by atoms with Crippen LogP contribution in [-0.2, 0) is 13.6 Å². The summed E-state index contributed by atoms with van der Waals surface area (Å²) in [6.07, 6.45) is 7.01. The van der Waals surface area contributed by atoms with Gasteiger partial charge in [-0.3, -0.25) is 9.69 Å². The molecule has 0 unspecified atom stereocenters. The van der Waals surface area contributed by atoms with Gasteiger partial charge in [0.2, 0.25) is 0 Å². The molecule has 0 atom stereocenters. The van der Waals surface area contributed by atoms with Crippen LogP contribution in [0.1, 0.15) is 41.7 Å². The fraction of sp³-hybridized carbons (Fsp3) is 0.550. The third-order valence-electron chi connectivity index (χ3n) is 6.23. The molecule has 1 amide bonds. The number of piperidine rings is 2. The van der Waals surface area contributed by atoms with Crippen molar-refractivity contribution in [1.29, 1.82) is 0 Å². The normalized spacial score (nSPS) is 20.9. The first-order valence-corrected chi connectivity index (χ1v) is 10.2. The summed E-state index contributed by atoms with van der Waals surface area (Å²) in [6, 6.07) is 6.29. The first-order valence-electron chi connectivity index (χ1n) is 9.29. The van der Waals surface area contributed by atoms with E-state index in [4.69, 9.17) is 0 Å². The van der Waals surface area contributed by atoms with Gasteiger partial charge in [0, 0.05) is 44.0 Å². The third kappa shape index (κ3) is 3.53. The lowest BCUT2D eigenvalue weighted by molar-refractivity contribution is 0.0281. The van der Waals surface area contributed by atoms with Gasteiger partial charge in [-0.15, -0.1) is 0 Å². The molecule has 2 aromatic heterocycles. The van der Waals surface area contributed by atoms with Crippen LogP contribution in [0, 0.1) is 5.41 Å². The lowest BCUT2D eigenvalue weighted by Gasteiger charge is -2.47. The summed E-state index contributed by atoms with van der Waals surface area (Å²) in [5, 5.41) is 3.95. The Balaban J connectivity index is 1.29. The maximum atomic E-state index is 12.5. The van der Waals surface area contributed by atoms with Crippen molar-refractivity contribution in [1.82, 2.24) is 14.4 Å². The molecule has 2 fully saturated rings. The van der Waals surface area contributed by atoms with Crippen molar-refractivity contribution in [2.24, 2.45) is 12.5 Å². The largest absolute Gasteiger partial charge is 0.353 e. The van der Waals surface area contributed by atoms with Crippen molar-refractivity contribution in [2.45, 2.75) is 32.2 Å². The summed E-state index contributed by atoms with van der Waals surface area (Å²) in [4.78, 5) is 17.2. The maximum Gasteiger partial charge on any atom is 0.254 e. The molecular formula is C20H27N3OS. The molecule has 2 aromatic rings. The Hall–Kier alpha value is -1.59. The van der Waals surface area contributed by atoms with Crippen LogP contribution in [0.5, 0.6) is 0 Å². The van der Waals surface area contributed by atoms with Gasteiger partial charge in [0.1, 0.15) is 0 Å². The van der Waals surface area contributed by atoms with Gasteiger partial charge in [-0.25, -0.2) is 0 Å². The highest BCUT2D eigenvalue weighted by Gasteiger charge is 2.38. The van der Waals surface area contributed by atoms with E-state index in [9.17, 15) is 4.79 Å². The minimum atomic E-state index is 0.220. The lowest BCUT2D eigenvalue weighted by atomic mass is 9.71. The second kappa shape index (κ2) is 6.96. The smallest absolute Gasteiger partial charge is 0.254 e. The van der Waals surface area contributed by atoms with E-state index in [-0.39, 0.29) is 5.91 Å². The van der Waals surface area contributed by atoms with Gasteiger partial charge >= 0.3 is 0 Å². The minimum Gasteiger partial charge on any atom is -0.353 e. The number of carbonyl (C=O) groups excluding carboxylic acids is 1. The number of amides is 1. The van der Waals surface area contributed by atoms with Crippen molar-refractivity contribution < 1.29 is 4.79 Å². The highest BCUT2D eigenvalue weighted by atomic mass is 32.1. The second-order valence-corrected chi connectivity index (χ2v) is 8.47. The molecule has 0 N–H and O–H groups in total. The van der Waals surface area contributed by atoms with E-state index in [0.717, 1.165) is 25.2 Å². The zero-order chi connectivity index (χ0) is 17.3. The van der Waals surface area contributed by atoms with Crippen molar-refractivity contribution in [3.8, 4) is 0 Å². The molecule has 4 rings (SSSR count). The number of hydrogen-bond acceptors (Lipinski definition) is 3. The van der Waals surface area contributed by atoms with Gasteiger partial charge in [-0.2, -0.15) is 11.3 Å². The molecule has 2 aliphatic rings. The summed E-state index contributed by atoms with van der Waals surface area (Å²) >= 11 is 1.60. The molecule has 2 aliphatic heterocycles. The van der Waals surface area contributed by atoms with E-state index < -0.39 is 0 Å².